The summed E-state index contributed by atoms with van der Waals surface area (Å²) in [6, 6.07) is 7.19. The van der Waals surface area contributed by atoms with Crippen molar-refractivity contribution < 1.29 is 22.4 Å². The minimum atomic E-state index is -4.51. The lowest BCUT2D eigenvalue weighted by Gasteiger charge is -2.09. The molecule has 0 radical (unpaired) electrons. The Bertz CT molecular complexity index is 679. The van der Waals surface area contributed by atoms with Gasteiger partial charge in [-0.2, -0.15) is 22.7 Å². The van der Waals surface area contributed by atoms with Gasteiger partial charge in [-0.15, -0.1) is 11.3 Å². The number of carbonyl (C=O) groups is 1. The number of nitrogens with one attached hydrogen (secondary N) is 1. The van der Waals surface area contributed by atoms with Crippen molar-refractivity contribution in [2.45, 2.75) is 6.18 Å². The lowest BCUT2D eigenvalue weighted by atomic mass is 10.1. The zero-order valence-corrected chi connectivity index (χ0v) is 11.1. The van der Waals surface area contributed by atoms with E-state index in [1.165, 1.54) is 24.3 Å². The molecule has 21 heavy (non-hydrogen) atoms. The highest BCUT2D eigenvalue weighted by Crippen LogP contribution is 2.31. The second-order valence-corrected chi connectivity index (χ2v) is 4.92. The number of hydrazone groups is 1. The van der Waals surface area contributed by atoms with E-state index in [9.17, 15) is 22.4 Å². The fourth-order valence-electron chi connectivity index (χ4n) is 1.52. The van der Waals surface area contributed by atoms with E-state index in [0.717, 1.165) is 18.3 Å². The number of hydrogen-bond donors (Lipinski definition) is 1. The first kappa shape index (κ1) is 15.2. The molecule has 0 unspecified atom stereocenters. The molecule has 0 aliphatic heterocycles. The van der Waals surface area contributed by atoms with Crippen LogP contribution in [0.1, 0.15) is 20.8 Å². The molecule has 1 heterocycles. The minimum Gasteiger partial charge on any atom is -0.266 e. The summed E-state index contributed by atoms with van der Waals surface area (Å²) in [5, 5.41) is 2.93. The summed E-state index contributed by atoms with van der Waals surface area (Å²) in [6.07, 6.45) is -3.62. The Balaban J connectivity index is 2.10. The van der Waals surface area contributed by atoms with Gasteiger partial charge in [0.05, 0.1) is 16.7 Å². The van der Waals surface area contributed by atoms with Crippen LogP contribution < -0.4 is 5.43 Å². The van der Waals surface area contributed by atoms with E-state index in [2.05, 4.69) is 5.10 Å². The molecule has 3 nitrogen and oxygen atoms in total. The molecule has 1 N–H and O–H groups in total. The van der Waals surface area contributed by atoms with Gasteiger partial charge in [0, 0.05) is 5.56 Å². The normalized spacial score (nSPS) is 11.8. The molecule has 1 amide bonds. The topological polar surface area (TPSA) is 41.5 Å². The molecule has 0 saturated heterocycles. The largest absolute Gasteiger partial charge is 0.417 e. The maximum Gasteiger partial charge on any atom is 0.417 e. The van der Waals surface area contributed by atoms with Crippen LogP contribution in [0.15, 0.2) is 41.5 Å². The average molecular weight is 316 g/mol. The lowest BCUT2D eigenvalue weighted by Crippen LogP contribution is -2.16. The van der Waals surface area contributed by atoms with Gasteiger partial charge >= 0.3 is 6.18 Å². The Labute approximate surface area is 120 Å². The first-order chi connectivity index (χ1) is 9.88. The van der Waals surface area contributed by atoms with Crippen LogP contribution in [0.3, 0.4) is 0 Å². The average Bonchev–Trinajstić information content (AvgIpc) is 2.85. The quantitative estimate of drug-likeness (QED) is 0.524. The summed E-state index contributed by atoms with van der Waals surface area (Å²) in [5.41, 5.74) is 1.01. The van der Waals surface area contributed by atoms with Crippen molar-refractivity contribution in [3.63, 3.8) is 0 Å². The van der Waals surface area contributed by atoms with Crippen molar-refractivity contribution in [2.75, 3.05) is 0 Å². The third-order valence-electron chi connectivity index (χ3n) is 2.43. The molecule has 8 heteroatoms. The number of thiophene rings is 1. The minimum absolute atomic E-state index is 0.0776. The SMILES string of the molecule is O=C(NN=Cc1ccccc1C(F)(F)F)c1ccc(F)s1. The third kappa shape index (κ3) is 3.88. The van der Waals surface area contributed by atoms with E-state index in [4.69, 9.17) is 0 Å². The second-order valence-electron chi connectivity index (χ2n) is 3.89. The number of amides is 1. The fourth-order valence-corrected chi connectivity index (χ4v) is 2.14. The number of rotatable bonds is 3. The van der Waals surface area contributed by atoms with Crippen LogP contribution in [0.2, 0.25) is 0 Å². The molecule has 2 aromatic rings. The van der Waals surface area contributed by atoms with E-state index < -0.39 is 22.8 Å². The van der Waals surface area contributed by atoms with E-state index in [0.29, 0.717) is 11.3 Å². The molecule has 110 valence electrons. The molecule has 2 rings (SSSR count). The molecule has 0 bridgehead atoms. The zero-order chi connectivity index (χ0) is 15.5. The summed E-state index contributed by atoms with van der Waals surface area (Å²) in [4.78, 5) is 11.6. The van der Waals surface area contributed by atoms with Crippen molar-refractivity contribution in [1.82, 2.24) is 5.43 Å². The molecule has 0 atom stereocenters. The number of nitrogens with zero attached hydrogens (tertiary/aromatic N) is 1. The van der Waals surface area contributed by atoms with Gasteiger partial charge in [0.25, 0.3) is 5.91 Å². The Morgan fingerprint density at radius 1 is 1.19 bits per heavy atom. The highest BCUT2D eigenvalue weighted by Gasteiger charge is 2.32. The van der Waals surface area contributed by atoms with Gasteiger partial charge in [-0.3, -0.25) is 4.79 Å². The summed E-state index contributed by atoms with van der Waals surface area (Å²) in [7, 11) is 0. The molecular formula is C13H8F4N2OS. The van der Waals surface area contributed by atoms with Gasteiger partial charge in [0.1, 0.15) is 0 Å². The van der Waals surface area contributed by atoms with Crippen LogP contribution in [0.25, 0.3) is 0 Å². The van der Waals surface area contributed by atoms with Crippen molar-refractivity contribution >= 4 is 23.5 Å². The van der Waals surface area contributed by atoms with Crippen LogP contribution >= 0.6 is 11.3 Å². The fraction of sp³-hybridized carbons (Fsp3) is 0.0769. The predicted molar refractivity (Wildman–Crippen MR) is 70.8 cm³/mol. The Morgan fingerprint density at radius 3 is 2.52 bits per heavy atom. The van der Waals surface area contributed by atoms with Gasteiger partial charge in [-0.1, -0.05) is 18.2 Å². The van der Waals surface area contributed by atoms with Crippen LogP contribution in [0.5, 0.6) is 0 Å². The maximum absolute atomic E-state index is 12.7. The smallest absolute Gasteiger partial charge is 0.266 e. The summed E-state index contributed by atoms with van der Waals surface area (Å²) >= 11 is 0.617. The van der Waals surface area contributed by atoms with Gasteiger partial charge in [-0.05, 0) is 18.2 Å². The maximum atomic E-state index is 12.7. The van der Waals surface area contributed by atoms with Crippen molar-refractivity contribution in [1.29, 1.82) is 0 Å². The van der Waals surface area contributed by atoms with Crippen molar-refractivity contribution in [3.8, 4) is 0 Å². The number of alkyl halides is 3. The molecular weight excluding hydrogens is 308 g/mol. The molecule has 0 fully saturated rings. The van der Waals surface area contributed by atoms with Gasteiger partial charge in [-0.25, -0.2) is 5.43 Å². The lowest BCUT2D eigenvalue weighted by molar-refractivity contribution is -0.137. The van der Waals surface area contributed by atoms with Crippen molar-refractivity contribution in [2.24, 2.45) is 5.10 Å². The molecule has 0 spiro atoms. The number of carbonyl (C=O) groups excluding carboxylic acids is 1. The Hall–Kier alpha value is -2.22. The summed E-state index contributed by atoms with van der Waals surface area (Å²) < 4.78 is 50.9. The zero-order valence-electron chi connectivity index (χ0n) is 10.3. The summed E-state index contributed by atoms with van der Waals surface area (Å²) in [5.74, 6) is -0.690. The highest BCUT2D eigenvalue weighted by atomic mass is 32.1. The van der Waals surface area contributed by atoms with E-state index in [1.807, 2.05) is 5.43 Å². The van der Waals surface area contributed by atoms with E-state index in [1.54, 1.807) is 0 Å². The van der Waals surface area contributed by atoms with E-state index in [-0.39, 0.29) is 10.4 Å². The number of hydrogen-bond acceptors (Lipinski definition) is 3. The molecule has 0 aliphatic carbocycles. The molecule has 0 saturated carbocycles. The van der Waals surface area contributed by atoms with Crippen molar-refractivity contribution in [3.05, 3.63) is 57.5 Å². The van der Waals surface area contributed by atoms with Gasteiger partial charge in [0.2, 0.25) is 0 Å². The molecule has 1 aromatic carbocycles. The highest BCUT2D eigenvalue weighted by molar-refractivity contribution is 7.12. The predicted octanol–water partition coefficient (Wildman–Crippen LogP) is 3.67. The first-order valence-corrected chi connectivity index (χ1v) is 6.44. The number of halogens is 4. The Kier molecular flexibility index (Phi) is 4.37. The number of benzene rings is 1. The molecule has 1 aromatic heterocycles. The van der Waals surface area contributed by atoms with E-state index >= 15 is 0 Å². The van der Waals surface area contributed by atoms with Crippen LogP contribution in [0, 0.1) is 5.13 Å². The molecule has 0 aliphatic rings. The summed E-state index contributed by atoms with van der Waals surface area (Å²) in [6.45, 7) is 0. The monoisotopic (exact) mass is 316 g/mol. The standard InChI is InChI=1S/C13H8F4N2OS/c14-11-6-5-10(21-11)12(20)19-18-7-8-3-1-2-4-9(8)13(15,16)17/h1-7H,(H,19,20). The van der Waals surface area contributed by atoms with Crippen LogP contribution in [-0.2, 0) is 6.18 Å². The van der Waals surface area contributed by atoms with Crippen LogP contribution in [-0.4, -0.2) is 12.1 Å². The van der Waals surface area contributed by atoms with Crippen LogP contribution in [0.4, 0.5) is 17.6 Å². The second kappa shape index (κ2) is 6.04. The third-order valence-corrected chi connectivity index (χ3v) is 3.31. The Morgan fingerprint density at radius 2 is 1.90 bits per heavy atom. The van der Waals surface area contributed by atoms with Gasteiger partial charge < -0.3 is 0 Å². The first-order valence-electron chi connectivity index (χ1n) is 5.63. The van der Waals surface area contributed by atoms with Gasteiger partial charge in [0.15, 0.2) is 5.13 Å².